The van der Waals surface area contributed by atoms with Crippen LogP contribution in [0.4, 0.5) is 0 Å². The Morgan fingerprint density at radius 3 is 2.82 bits per heavy atom. The van der Waals surface area contributed by atoms with Gasteiger partial charge >= 0.3 is 0 Å². The molecule has 2 aromatic heterocycles. The van der Waals surface area contributed by atoms with Crippen LogP contribution in [0.5, 0.6) is 0 Å². The normalized spacial score (nSPS) is 10.0. The first-order valence-corrected chi connectivity index (χ1v) is 5.34. The van der Waals surface area contributed by atoms with Gasteiger partial charge < -0.3 is 5.32 Å². The molecule has 0 bridgehead atoms. The second-order valence-electron chi connectivity index (χ2n) is 3.87. The van der Waals surface area contributed by atoms with Crippen LogP contribution >= 0.6 is 12.4 Å². The van der Waals surface area contributed by atoms with E-state index < -0.39 is 0 Å². The molecular weight excluding hydrogens is 236 g/mol. The Balaban J connectivity index is 0.00000144. The molecular formula is C12H17ClN4. The summed E-state index contributed by atoms with van der Waals surface area (Å²) in [6, 6.07) is 4.06. The molecule has 0 aliphatic rings. The monoisotopic (exact) mass is 252 g/mol. The van der Waals surface area contributed by atoms with Gasteiger partial charge in [0.2, 0.25) is 0 Å². The van der Waals surface area contributed by atoms with Crippen LogP contribution in [-0.2, 0) is 20.1 Å². The average molecular weight is 253 g/mol. The van der Waals surface area contributed by atoms with Crippen LogP contribution in [0.2, 0.25) is 0 Å². The standard InChI is InChI=1S/C12H16N4.ClH/c1-10-12(4-3-5-14-10)8-13-6-11-7-15-16(2)9-11;/h3-5,7,9,13H,6,8H2,1-2H3;1H. The lowest BCUT2D eigenvalue weighted by molar-refractivity contribution is 0.686. The highest BCUT2D eigenvalue weighted by Crippen LogP contribution is 2.03. The van der Waals surface area contributed by atoms with Crippen molar-refractivity contribution in [1.82, 2.24) is 20.1 Å². The van der Waals surface area contributed by atoms with Crippen molar-refractivity contribution in [3.63, 3.8) is 0 Å². The molecule has 0 aromatic carbocycles. The maximum Gasteiger partial charge on any atom is 0.0534 e. The molecule has 0 atom stereocenters. The minimum atomic E-state index is 0. The molecule has 0 radical (unpaired) electrons. The van der Waals surface area contributed by atoms with Crippen LogP contribution in [0.25, 0.3) is 0 Å². The summed E-state index contributed by atoms with van der Waals surface area (Å²) in [4.78, 5) is 4.25. The van der Waals surface area contributed by atoms with Crippen LogP contribution < -0.4 is 5.32 Å². The van der Waals surface area contributed by atoms with Gasteiger partial charge in [-0.3, -0.25) is 9.67 Å². The predicted octanol–water partition coefficient (Wildman–Crippen LogP) is 1.84. The van der Waals surface area contributed by atoms with Gasteiger partial charge in [0.25, 0.3) is 0 Å². The third-order valence-corrected chi connectivity index (χ3v) is 2.52. The SMILES string of the molecule is Cc1ncccc1CNCc1cnn(C)c1.Cl. The molecule has 5 heteroatoms. The van der Waals surface area contributed by atoms with Crippen molar-refractivity contribution in [2.45, 2.75) is 20.0 Å². The minimum Gasteiger partial charge on any atom is -0.308 e. The van der Waals surface area contributed by atoms with E-state index in [1.165, 1.54) is 11.1 Å². The summed E-state index contributed by atoms with van der Waals surface area (Å²) in [6.45, 7) is 3.71. The van der Waals surface area contributed by atoms with Crippen molar-refractivity contribution in [3.05, 3.63) is 47.5 Å². The van der Waals surface area contributed by atoms with Gasteiger partial charge in [-0.1, -0.05) is 6.07 Å². The van der Waals surface area contributed by atoms with Crippen LogP contribution in [0.3, 0.4) is 0 Å². The van der Waals surface area contributed by atoms with Crippen LogP contribution in [0.1, 0.15) is 16.8 Å². The topological polar surface area (TPSA) is 42.7 Å². The molecule has 0 aliphatic heterocycles. The number of pyridine rings is 1. The lowest BCUT2D eigenvalue weighted by Crippen LogP contribution is -2.13. The zero-order valence-electron chi connectivity index (χ0n) is 10.1. The van der Waals surface area contributed by atoms with Gasteiger partial charge in [-0.25, -0.2) is 0 Å². The number of rotatable bonds is 4. The zero-order chi connectivity index (χ0) is 11.4. The summed E-state index contributed by atoms with van der Waals surface area (Å²) in [6.07, 6.45) is 5.71. The smallest absolute Gasteiger partial charge is 0.0534 e. The third-order valence-electron chi connectivity index (χ3n) is 2.52. The summed E-state index contributed by atoms with van der Waals surface area (Å²) < 4.78 is 1.81. The predicted molar refractivity (Wildman–Crippen MR) is 70.0 cm³/mol. The quantitative estimate of drug-likeness (QED) is 0.903. The Morgan fingerprint density at radius 1 is 1.35 bits per heavy atom. The zero-order valence-corrected chi connectivity index (χ0v) is 10.9. The molecule has 0 saturated heterocycles. The van der Waals surface area contributed by atoms with Gasteiger partial charge in [-0.2, -0.15) is 5.10 Å². The van der Waals surface area contributed by atoms with E-state index in [0.717, 1.165) is 18.8 Å². The lowest BCUT2D eigenvalue weighted by atomic mass is 10.2. The number of aryl methyl sites for hydroxylation is 2. The summed E-state index contributed by atoms with van der Waals surface area (Å²) in [5, 5.41) is 7.50. The Hall–Kier alpha value is -1.39. The van der Waals surface area contributed by atoms with Gasteiger partial charge in [-0.15, -0.1) is 12.4 Å². The number of nitrogens with one attached hydrogen (secondary N) is 1. The second kappa shape index (κ2) is 6.37. The molecule has 2 heterocycles. The average Bonchev–Trinajstić information content (AvgIpc) is 2.67. The van der Waals surface area contributed by atoms with Gasteiger partial charge in [0.15, 0.2) is 0 Å². The van der Waals surface area contributed by atoms with Gasteiger partial charge in [0, 0.05) is 43.8 Å². The Labute approximate surface area is 107 Å². The summed E-state index contributed by atoms with van der Waals surface area (Å²) in [7, 11) is 1.93. The van der Waals surface area contributed by atoms with Crippen LogP contribution in [0, 0.1) is 6.92 Å². The van der Waals surface area contributed by atoms with Gasteiger partial charge in [-0.05, 0) is 18.6 Å². The molecule has 1 N–H and O–H groups in total. The molecule has 0 spiro atoms. The Bertz CT molecular complexity index is 467. The number of aromatic nitrogens is 3. The van der Waals surface area contributed by atoms with Crippen molar-refractivity contribution >= 4 is 12.4 Å². The van der Waals surface area contributed by atoms with E-state index in [2.05, 4.69) is 21.5 Å². The van der Waals surface area contributed by atoms with Crippen molar-refractivity contribution < 1.29 is 0 Å². The summed E-state index contributed by atoms with van der Waals surface area (Å²) >= 11 is 0. The van der Waals surface area contributed by atoms with E-state index in [0.29, 0.717) is 0 Å². The fraction of sp³-hybridized carbons (Fsp3) is 0.333. The van der Waals surface area contributed by atoms with Gasteiger partial charge in [0.05, 0.1) is 6.20 Å². The lowest BCUT2D eigenvalue weighted by Gasteiger charge is -2.05. The molecule has 4 nitrogen and oxygen atoms in total. The van der Waals surface area contributed by atoms with E-state index in [4.69, 9.17) is 0 Å². The highest BCUT2D eigenvalue weighted by Gasteiger charge is 1.99. The van der Waals surface area contributed by atoms with E-state index >= 15 is 0 Å². The Morgan fingerprint density at radius 2 is 2.18 bits per heavy atom. The fourth-order valence-corrected chi connectivity index (χ4v) is 1.61. The van der Waals surface area contributed by atoms with Crippen LogP contribution in [0.15, 0.2) is 30.7 Å². The Kier molecular flexibility index (Phi) is 5.12. The second-order valence-corrected chi connectivity index (χ2v) is 3.87. The largest absolute Gasteiger partial charge is 0.308 e. The van der Waals surface area contributed by atoms with E-state index in [-0.39, 0.29) is 12.4 Å². The minimum absolute atomic E-state index is 0. The highest BCUT2D eigenvalue weighted by atomic mass is 35.5. The maximum absolute atomic E-state index is 4.25. The summed E-state index contributed by atoms with van der Waals surface area (Å²) in [5.41, 5.74) is 3.52. The fourth-order valence-electron chi connectivity index (χ4n) is 1.61. The van der Waals surface area contributed by atoms with Crippen LogP contribution in [-0.4, -0.2) is 14.8 Å². The van der Waals surface area contributed by atoms with Crippen molar-refractivity contribution in [2.75, 3.05) is 0 Å². The van der Waals surface area contributed by atoms with Crippen molar-refractivity contribution in [1.29, 1.82) is 0 Å². The number of hydrogen-bond donors (Lipinski definition) is 1. The van der Waals surface area contributed by atoms with E-state index in [1.54, 1.807) is 0 Å². The summed E-state index contributed by atoms with van der Waals surface area (Å²) in [5.74, 6) is 0. The molecule has 2 rings (SSSR count). The molecule has 17 heavy (non-hydrogen) atoms. The van der Waals surface area contributed by atoms with Crippen molar-refractivity contribution in [2.24, 2.45) is 7.05 Å². The third kappa shape index (κ3) is 3.84. The van der Waals surface area contributed by atoms with Gasteiger partial charge in [0.1, 0.15) is 0 Å². The molecule has 0 unspecified atom stereocenters. The molecule has 0 amide bonds. The molecule has 0 fully saturated rings. The highest BCUT2D eigenvalue weighted by molar-refractivity contribution is 5.85. The first-order chi connectivity index (χ1) is 7.75. The molecule has 92 valence electrons. The molecule has 2 aromatic rings. The van der Waals surface area contributed by atoms with Crippen molar-refractivity contribution in [3.8, 4) is 0 Å². The van der Waals surface area contributed by atoms with E-state index in [9.17, 15) is 0 Å². The molecule has 0 aliphatic carbocycles. The maximum atomic E-state index is 4.25. The van der Waals surface area contributed by atoms with E-state index in [1.807, 2.05) is 43.3 Å². The number of halogens is 1. The first-order valence-electron chi connectivity index (χ1n) is 5.34. The number of nitrogens with zero attached hydrogens (tertiary/aromatic N) is 3. The molecule has 0 saturated carbocycles. The first kappa shape index (κ1) is 13.7. The number of hydrogen-bond acceptors (Lipinski definition) is 3.